The average molecular weight is 558 g/mol. The summed E-state index contributed by atoms with van der Waals surface area (Å²) in [7, 11) is 2.08. The lowest BCUT2D eigenvalue weighted by Crippen LogP contribution is -2.44. The van der Waals surface area contributed by atoms with Crippen LogP contribution >= 0.6 is 0 Å². The highest BCUT2D eigenvalue weighted by Crippen LogP contribution is 2.49. The molecule has 0 N–H and O–H groups in total. The first-order valence-corrected chi connectivity index (χ1v) is 13.6. The third-order valence-corrected chi connectivity index (χ3v) is 7.90. The Hall–Kier alpha value is -4.31. The van der Waals surface area contributed by atoms with Crippen LogP contribution in [-0.4, -0.2) is 64.6 Å². The summed E-state index contributed by atoms with van der Waals surface area (Å²) >= 11 is 0. The highest BCUT2D eigenvalue weighted by molar-refractivity contribution is 6.10. The predicted molar refractivity (Wildman–Crippen MR) is 149 cm³/mol. The van der Waals surface area contributed by atoms with Gasteiger partial charge in [-0.1, -0.05) is 18.2 Å². The topological polar surface area (TPSA) is 88.5 Å². The van der Waals surface area contributed by atoms with Gasteiger partial charge in [0.2, 0.25) is 0 Å². The van der Waals surface area contributed by atoms with E-state index < -0.39 is 11.2 Å². The van der Waals surface area contributed by atoms with Crippen molar-refractivity contribution in [1.29, 1.82) is 0 Å². The Morgan fingerprint density at radius 1 is 0.878 bits per heavy atom. The molecule has 1 saturated carbocycles. The molecule has 3 heterocycles. The molecule has 0 unspecified atom stereocenters. The number of hydrogen-bond acceptors (Lipinski definition) is 8. The minimum atomic E-state index is -1.04. The van der Waals surface area contributed by atoms with Crippen molar-refractivity contribution in [2.24, 2.45) is 5.41 Å². The zero-order valence-corrected chi connectivity index (χ0v) is 22.6. The Bertz CT molecular complexity index is 1620. The van der Waals surface area contributed by atoms with E-state index in [1.165, 1.54) is 24.3 Å². The summed E-state index contributed by atoms with van der Waals surface area (Å²) in [6.07, 6.45) is 4.17. The van der Waals surface area contributed by atoms with Gasteiger partial charge in [0, 0.05) is 51.3 Å². The van der Waals surface area contributed by atoms with Crippen molar-refractivity contribution in [2.75, 3.05) is 38.1 Å². The van der Waals surface area contributed by atoms with Crippen LogP contribution in [-0.2, 0) is 22.4 Å². The number of benzene rings is 2. The summed E-state index contributed by atoms with van der Waals surface area (Å²) in [6, 6.07) is 11.6. The van der Waals surface area contributed by atoms with E-state index in [0.29, 0.717) is 40.9 Å². The Morgan fingerprint density at radius 2 is 1.56 bits per heavy atom. The van der Waals surface area contributed by atoms with Crippen molar-refractivity contribution in [2.45, 2.75) is 25.7 Å². The number of ketones is 2. The lowest BCUT2D eigenvalue weighted by molar-refractivity contribution is -0.133. The van der Waals surface area contributed by atoms with E-state index in [9.17, 15) is 14.0 Å². The molecule has 4 aromatic rings. The van der Waals surface area contributed by atoms with Crippen LogP contribution in [0.2, 0.25) is 0 Å². The molecule has 2 fully saturated rings. The SMILES string of the molecule is CN1CCN(c2cnc3c(Oc4ccc(CC(=O)C5(C(=O)Cc6ccc(F)cc6)CC5)cc4F)ccnc3n2)CC1. The number of Topliss-reactive ketones (excluding diaryl/α,β-unsaturated/α-hetero) is 2. The van der Waals surface area contributed by atoms with Gasteiger partial charge in [-0.05, 0) is 55.3 Å². The number of anilines is 1. The summed E-state index contributed by atoms with van der Waals surface area (Å²) in [5, 5.41) is 0. The zero-order chi connectivity index (χ0) is 28.6. The van der Waals surface area contributed by atoms with Gasteiger partial charge in [0.05, 0.1) is 11.6 Å². The smallest absolute Gasteiger partial charge is 0.184 e. The molecule has 2 aromatic carbocycles. The van der Waals surface area contributed by atoms with Crippen LogP contribution in [0.3, 0.4) is 0 Å². The second-order valence-electron chi connectivity index (χ2n) is 10.8. The molecule has 0 atom stereocenters. The summed E-state index contributed by atoms with van der Waals surface area (Å²) in [5.74, 6) is -0.399. The van der Waals surface area contributed by atoms with Crippen LogP contribution in [0.15, 0.2) is 60.9 Å². The van der Waals surface area contributed by atoms with Crippen molar-refractivity contribution in [3.63, 3.8) is 0 Å². The van der Waals surface area contributed by atoms with Crippen molar-refractivity contribution < 1.29 is 23.1 Å². The first-order chi connectivity index (χ1) is 19.8. The first kappa shape index (κ1) is 26.9. The second kappa shape index (κ2) is 10.9. The van der Waals surface area contributed by atoms with Crippen molar-refractivity contribution in [3.8, 4) is 11.5 Å². The highest BCUT2D eigenvalue weighted by atomic mass is 19.1. The monoisotopic (exact) mass is 557 g/mol. The molecular formula is C31H29F2N5O3. The van der Waals surface area contributed by atoms with Crippen LogP contribution in [0.1, 0.15) is 24.0 Å². The molecule has 6 rings (SSSR count). The Balaban J connectivity index is 1.13. The number of likely N-dealkylation sites (N-methyl/N-ethyl adjacent to an activating group) is 1. The van der Waals surface area contributed by atoms with E-state index in [1.54, 1.807) is 36.7 Å². The molecule has 210 valence electrons. The number of piperazine rings is 1. The van der Waals surface area contributed by atoms with E-state index in [0.717, 1.165) is 32.0 Å². The molecule has 0 spiro atoms. The fraction of sp³-hybridized carbons (Fsp3) is 0.323. The van der Waals surface area contributed by atoms with Gasteiger partial charge in [0.25, 0.3) is 0 Å². The number of hydrogen-bond donors (Lipinski definition) is 0. The number of halogens is 2. The Labute approximate surface area is 236 Å². The molecular weight excluding hydrogens is 528 g/mol. The summed E-state index contributed by atoms with van der Waals surface area (Å²) in [6.45, 7) is 3.56. The van der Waals surface area contributed by atoms with Gasteiger partial charge < -0.3 is 14.5 Å². The van der Waals surface area contributed by atoms with Gasteiger partial charge in [0.15, 0.2) is 40.0 Å². The highest BCUT2D eigenvalue weighted by Gasteiger charge is 2.54. The van der Waals surface area contributed by atoms with Crippen molar-refractivity contribution in [1.82, 2.24) is 19.9 Å². The lowest BCUT2D eigenvalue weighted by Gasteiger charge is -2.32. The van der Waals surface area contributed by atoms with Gasteiger partial charge in [-0.15, -0.1) is 0 Å². The van der Waals surface area contributed by atoms with E-state index in [4.69, 9.17) is 4.74 Å². The molecule has 1 aliphatic heterocycles. The van der Waals surface area contributed by atoms with Gasteiger partial charge in [-0.3, -0.25) is 9.59 Å². The maximum absolute atomic E-state index is 15.1. The largest absolute Gasteiger partial charge is 0.452 e. The molecule has 1 saturated heterocycles. The maximum Gasteiger partial charge on any atom is 0.184 e. The normalized spacial score (nSPS) is 16.5. The van der Waals surface area contributed by atoms with Crippen LogP contribution in [0, 0.1) is 17.0 Å². The fourth-order valence-corrected chi connectivity index (χ4v) is 5.16. The number of nitrogens with zero attached hydrogens (tertiary/aromatic N) is 5. The van der Waals surface area contributed by atoms with Crippen LogP contribution < -0.4 is 9.64 Å². The molecule has 0 amide bonds. The van der Waals surface area contributed by atoms with Crippen LogP contribution in [0.4, 0.5) is 14.6 Å². The van der Waals surface area contributed by atoms with Gasteiger partial charge in [0.1, 0.15) is 11.6 Å². The Kier molecular flexibility index (Phi) is 7.17. The average Bonchev–Trinajstić information content (AvgIpc) is 3.79. The van der Waals surface area contributed by atoms with Gasteiger partial charge in [-0.25, -0.2) is 23.7 Å². The van der Waals surface area contributed by atoms with Gasteiger partial charge in [-0.2, -0.15) is 0 Å². The van der Waals surface area contributed by atoms with E-state index in [2.05, 4.69) is 31.8 Å². The minimum Gasteiger partial charge on any atom is -0.452 e. The number of carbonyl (C=O) groups is 2. The predicted octanol–water partition coefficient (Wildman–Crippen LogP) is 4.55. The number of ether oxygens (including phenoxy) is 1. The summed E-state index contributed by atoms with van der Waals surface area (Å²) in [5.41, 5.74) is 0.891. The molecule has 0 radical (unpaired) electrons. The van der Waals surface area contributed by atoms with Gasteiger partial charge >= 0.3 is 0 Å². The summed E-state index contributed by atoms with van der Waals surface area (Å²) < 4.78 is 34.2. The lowest BCUT2D eigenvalue weighted by atomic mass is 9.88. The number of pyridine rings is 1. The first-order valence-electron chi connectivity index (χ1n) is 13.6. The van der Waals surface area contributed by atoms with Crippen LogP contribution in [0.25, 0.3) is 11.2 Å². The quantitative estimate of drug-likeness (QED) is 0.277. The van der Waals surface area contributed by atoms with Crippen LogP contribution in [0.5, 0.6) is 11.5 Å². The van der Waals surface area contributed by atoms with E-state index in [1.807, 2.05) is 0 Å². The number of aromatic nitrogens is 3. The second-order valence-corrected chi connectivity index (χ2v) is 10.8. The molecule has 2 aliphatic rings. The third kappa shape index (κ3) is 5.65. The molecule has 0 bridgehead atoms. The minimum absolute atomic E-state index is 0.0211. The standard InChI is InChI=1S/C31H29F2N5O3/c1-37-12-14-38(15-13-37)28-19-35-29-25(8-11-34-30(29)36-28)41-24-7-4-21(16-23(24)33)18-27(40)31(9-10-31)26(39)17-20-2-5-22(32)6-3-20/h2-8,11,16,19H,9-10,12-15,17-18H2,1H3. The molecule has 2 aromatic heterocycles. The molecule has 8 nitrogen and oxygen atoms in total. The fourth-order valence-electron chi connectivity index (χ4n) is 5.16. The molecule has 41 heavy (non-hydrogen) atoms. The van der Waals surface area contributed by atoms with Crippen molar-refractivity contribution in [3.05, 3.63) is 83.7 Å². The van der Waals surface area contributed by atoms with Crippen molar-refractivity contribution >= 4 is 28.5 Å². The number of carbonyl (C=O) groups excluding carboxylic acids is 2. The third-order valence-electron chi connectivity index (χ3n) is 7.90. The van der Waals surface area contributed by atoms with E-state index in [-0.39, 0.29) is 36.0 Å². The Morgan fingerprint density at radius 3 is 2.24 bits per heavy atom. The maximum atomic E-state index is 15.1. The van der Waals surface area contributed by atoms with E-state index >= 15 is 4.39 Å². The molecule has 10 heteroatoms. The summed E-state index contributed by atoms with van der Waals surface area (Å²) in [4.78, 5) is 44.0. The number of fused-ring (bicyclic) bond motifs is 1. The number of rotatable bonds is 9. The molecule has 1 aliphatic carbocycles. The zero-order valence-electron chi connectivity index (χ0n) is 22.6.